The lowest BCUT2D eigenvalue weighted by Gasteiger charge is -2.31. The number of benzene rings is 2. The highest BCUT2D eigenvalue weighted by Gasteiger charge is 2.30. The third-order valence-corrected chi connectivity index (χ3v) is 9.34. The van der Waals surface area contributed by atoms with Gasteiger partial charge in [0.2, 0.25) is 0 Å². The molecule has 0 saturated carbocycles. The van der Waals surface area contributed by atoms with Crippen molar-refractivity contribution in [3.63, 3.8) is 0 Å². The van der Waals surface area contributed by atoms with Crippen LogP contribution in [-0.4, -0.2) is 37.4 Å². The highest BCUT2D eigenvalue weighted by molar-refractivity contribution is 6.31. The molecule has 3 unspecified atom stereocenters. The molecule has 2 aromatic rings. The SMILES string of the molecule is CCCC[C@H](C)CN(CCC(C)CC)c1ccc(CNC(=O)/C2=C(\CC)NC(C)/C=C\C(Cl)=C/C(C)N2)cc1C.Cc1ccc(OC(F)(F)F)cc1. The lowest BCUT2D eigenvalue weighted by Crippen LogP contribution is -2.39. The van der Waals surface area contributed by atoms with Crippen LogP contribution in [0, 0.1) is 25.7 Å². The Bertz CT molecular complexity index is 1470. The second kappa shape index (κ2) is 22.5. The quantitative estimate of drug-likeness (QED) is 0.169. The van der Waals surface area contributed by atoms with Gasteiger partial charge < -0.3 is 25.6 Å². The number of halogens is 4. The lowest BCUT2D eigenvalue weighted by molar-refractivity contribution is -0.274. The molecule has 52 heavy (non-hydrogen) atoms. The van der Waals surface area contributed by atoms with Crippen LogP contribution in [0.3, 0.4) is 0 Å². The molecule has 0 aliphatic carbocycles. The van der Waals surface area contributed by atoms with Crippen molar-refractivity contribution in [1.82, 2.24) is 16.0 Å². The van der Waals surface area contributed by atoms with E-state index in [4.69, 9.17) is 11.6 Å². The molecule has 4 atom stereocenters. The van der Waals surface area contributed by atoms with Crippen LogP contribution in [0.25, 0.3) is 0 Å². The molecule has 1 aliphatic heterocycles. The average molecular weight is 747 g/mol. The van der Waals surface area contributed by atoms with Gasteiger partial charge in [-0.15, -0.1) is 13.2 Å². The molecule has 1 amide bonds. The summed E-state index contributed by atoms with van der Waals surface area (Å²) in [7, 11) is 0. The number of rotatable bonds is 15. The van der Waals surface area contributed by atoms with Crippen molar-refractivity contribution in [2.75, 3.05) is 18.0 Å². The normalized spacial score (nSPS) is 20.4. The maximum absolute atomic E-state index is 13.4. The summed E-state index contributed by atoms with van der Waals surface area (Å²) in [4.78, 5) is 16.0. The van der Waals surface area contributed by atoms with Crippen LogP contribution in [0.1, 0.15) is 104 Å². The predicted octanol–water partition coefficient (Wildman–Crippen LogP) is 10.8. The van der Waals surface area contributed by atoms with E-state index in [2.05, 4.69) is 92.3 Å². The third kappa shape index (κ3) is 16.8. The Kier molecular flexibility index (Phi) is 19.3. The highest BCUT2D eigenvalue weighted by Crippen LogP contribution is 2.26. The fraction of sp³-hybridized carbons (Fsp3) is 0.548. The molecule has 3 rings (SSSR count). The van der Waals surface area contributed by atoms with Crippen molar-refractivity contribution >= 4 is 23.2 Å². The molecule has 0 saturated heterocycles. The van der Waals surface area contributed by atoms with Crippen LogP contribution in [0.5, 0.6) is 5.75 Å². The predicted molar refractivity (Wildman–Crippen MR) is 211 cm³/mol. The summed E-state index contributed by atoms with van der Waals surface area (Å²) in [5.74, 6) is 1.09. The van der Waals surface area contributed by atoms with E-state index in [1.54, 1.807) is 19.1 Å². The van der Waals surface area contributed by atoms with E-state index < -0.39 is 6.36 Å². The fourth-order valence-corrected chi connectivity index (χ4v) is 6.13. The summed E-state index contributed by atoms with van der Waals surface area (Å²) in [5.41, 5.74) is 6.05. The minimum Gasteiger partial charge on any atom is -0.406 e. The average Bonchev–Trinajstić information content (AvgIpc) is 3.09. The lowest BCUT2D eigenvalue weighted by atomic mass is 10.00. The molecule has 1 heterocycles. The highest BCUT2D eigenvalue weighted by atomic mass is 35.5. The van der Waals surface area contributed by atoms with E-state index in [1.807, 2.05) is 25.2 Å². The summed E-state index contributed by atoms with van der Waals surface area (Å²) < 4.78 is 38.5. The minimum atomic E-state index is -4.60. The number of allylic oxidation sites excluding steroid dienone is 3. The number of aryl methyl sites for hydroxylation is 2. The molecule has 0 spiro atoms. The maximum atomic E-state index is 13.4. The Hall–Kier alpha value is -3.59. The zero-order chi connectivity index (χ0) is 38.8. The van der Waals surface area contributed by atoms with Gasteiger partial charge in [0.15, 0.2) is 0 Å². The van der Waals surface area contributed by atoms with Crippen LogP contribution in [0.15, 0.2) is 77.1 Å². The molecule has 2 aromatic carbocycles. The van der Waals surface area contributed by atoms with E-state index >= 15 is 0 Å². The van der Waals surface area contributed by atoms with Crippen LogP contribution < -0.4 is 25.6 Å². The summed E-state index contributed by atoms with van der Waals surface area (Å²) in [6.07, 6.45) is 8.19. The first kappa shape index (κ1) is 44.6. The minimum absolute atomic E-state index is 0.0539. The van der Waals surface area contributed by atoms with Crippen molar-refractivity contribution in [3.8, 4) is 5.75 Å². The Balaban J connectivity index is 0.000000657. The van der Waals surface area contributed by atoms with Gasteiger partial charge in [0.1, 0.15) is 11.4 Å². The van der Waals surface area contributed by atoms with Gasteiger partial charge >= 0.3 is 6.36 Å². The van der Waals surface area contributed by atoms with Crippen molar-refractivity contribution in [1.29, 1.82) is 0 Å². The van der Waals surface area contributed by atoms with Gasteiger partial charge in [0.05, 0.1) is 0 Å². The zero-order valence-corrected chi connectivity index (χ0v) is 33.5. The fourth-order valence-electron chi connectivity index (χ4n) is 5.87. The molecule has 290 valence electrons. The number of amides is 1. The number of hydrogen-bond acceptors (Lipinski definition) is 5. The van der Waals surface area contributed by atoms with Crippen molar-refractivity contribution in [3.05, 3.63) is 93.8 Å². The molecular weight excluding hydrogens is 685 g/mol. The summed E-state index contributed by atoms with van der Waals surface area (Å²) in [6, 6.07) is 12.3. The Labute approximate surface area is 316 Å². The standard InChI is InChI=1S/C34H55ClN4O.C8H7F3O/c1-9-12-13-25(5)23-39(19-18-24(4)10-2)32-17-15-29(20-26(32)6)22-36-34(40)33-31(11-3)37-27(7)14-16-30(35)21-28(8)38-33;1-6-2-4-7(5-3-6)12-8(9,10)11/h14-17,20-21,24-25,27-28,37-38H,9-13,18-19,22-23H2,1-8H3,(H,36,40);2-5H,1H3/b16-14-,30-21+,33-31-;/t24?,25-,27?,28?;/m0./s1. The largest absolute Gasteiger partial charge is 0.573 e. The molecular formula is C42H62ClF3N4O2. The second-order valence-corrected chi connectivity index (χ2v) is 14.6. The number of anilines is 1. The number of ether oxygens (including phenoxy) is 1. The van der Waals surface area contributed by atoms with E-state index in [0.717, 1.165) is 42.3 Å². The van der Waals surface area contributed by atoms with Crippen LogP contribution in [0.4, 0.5) is 18.9 Å². The molecule has 0 aromatic heterocycles. The van der Waals surface area contributed by atoms with Crippen LogP contribution in [-0.2, 0) is 11.3 Å². The molecule has 0 fully saturated rings. The molecule has 10 heteroatoms. The Morgan fingerprint density at radius 3 is 2.27 bits per heavy atom. The summed E-state index contributed by atoms with van der Waals surface area (Å²) >= 11 is 6.35. The van der Waals surface area contributed by atoms with E-state index in [1.165, 1.54) is 55.5 Å². The summed E-state index contributed by atoms with van der Waals surface area (Å²) in [6.45, 7) is 22.0. The molecule has 6 nitrogen and oxygen atoms in total. The molecule has 0 bridgehead atoms. The first-order valence-electron chi connectivity index (χ1n) is 18.8. The van der Waals surface area contributed by atoms with Crippen molar-refractivity contribution in [2.45, 2.75) is 126 Å². The monoisotopic (exact) mass is 746 g/mol. The Morgan fingerprint density at radius 1 is 0.981 bits per heavy atom. The van der Waals surface area contributed by atoms with Gasteiger partial charge in [-0.25, -0.2) is 0 Å². The van der Waals surface area contributed by atoms with Gasteiger partial charge in [0, 0.05) is 48.1 Å². The van der Waals surface area contributed by atoms with Gasteiger partial charge in [-0.1, -0.05) is 101 Å². The van der Waals surface area contributed by atoms with Crippen molar-refractivity contribution in [2.24, 2.45) is 11.8 Å². The van der Waals surface area contributed by atoms with E-state index in [9.17, 15) is 18.0 Å². The second-order valence-electron chi connectivity index (χ2n) is 14.1. The van der Waals surface area contributed by atoms with Gasteiger partial charge in [-0.05, 0) is 100 Å². The number of nitrogens with zero attached hydrogens (tertiary/aromatic N) is 1. The van der Waals surface area contributed by atoms with Gasteiger partial charge in [0.25, 0.3) is 5.91 Å². The van der Waals surface area contributed by atoms with Gasteiger partial charge in [-0.3, -0.25) is 4.79 Å². The van der Waals surface area contributed by atoms with E-state index in [-0.39, 0.29) is 23.7 Å². The Morgan fingerprint density at radius 2 is 1.67 bits per heavy atom. The number of alkyl halides is 3. The number of unbranched alkanes of at least 4 members (excludes halogenated alkanes) is 1. The smallest absolute Gasteiger partial charge is 0.406 e. The van der Waals surface area contributed by atoms with Gasteiger partial charge in [-0.2, -0.15) is 0 Å². The number of carbonyl (C=O) groups is 1. The first-order chi connectivity index (χ1) is 24.5. The number of hydrogen-bond donors (Lipinski definition) is 3. The summed E-state index contributed by atoms with van der Waals surface area (Å²) in [5, 5.41) is 10.7. The molecule has 1 aliphatic rings. The number of carbonyl (C=O) groups excluding carboxylic acids is 1. The van der Waals surface area contributed by atoms with Crippen LogP contribution in [0.2, 0.25) is 0 Å². The maximum Gasteiger partial charge on any atom is 0.573 e. The van der Waals surface area contributed by atoms with E-state index in [0.29, 0.717) is 23.2 Å². The van der Waals surface area contributed by atoms with Crippen molar-refractivity contribution < 1.29 is 22.7 Å². The van der Waals surface area contributed by atoms with Crippen LogP contribution >= 0.6 is 11.6 Å². The first-order valence-corrected chi connectivity index (χ1v) is 19.2. The molecule has 3 N–H and O–H groups in total. The molecule has 0 radical (unpaired) electrons. The third-order valence-electron chi connectivity index (χ3n) is 9.09. The number of nitrogens with one attached hydrogen (secondary N) is 3. The zero-order valence-electron chi connectivity index (χ0n) is 32.7. The topological polar surface area (TPSA) is 65.6 Å².